The standard InChI is InChI=1S/C16H21FN2OS/c1-11-5-8-19(9-6-11)16(20)18-14-7-10-21-15-12(14)3-2-4-13(15)17/h2-4,11,14H,5-10H2,1H3,(H,18,20). The minimum atomic E-state index is -0.178. The number of carbonyl (C=O) groups is 1. The van der Waals surface area contributed by atoms with E-state index in [2.05, 4.69) is 12.2 Å². The number of piperidine rings is 1. The third kappa shape index (κ3) is 3.18. The van der Waals surface area contributed by atoms with Gasteiger partial charge in [-0.15, -0.1) is 11.8 Å². The third-order valence-electron chi connectivity index (χ3n) is 4.39. The highest BCUT2D eigenvalue weighted by atomic mass is 32.2. The van der Waals surface area contributed by atoms with E-state index >= 15 is 0 Å². The van der Waals surface area contributed by atoms with Gasteiger partial charge in [0.25, 0.3) is 0 Å². The van der Waals surface area contributed by atoms with Crippen LogP contribution in [0.25, 0.3) is 0 Å². The van der Waals surface area contributed by atoms with Crippen LogP contribution in [0.2, 0.25) is 0 Å². The Hall–Kier alpha value is -1.23. The largest absolute Gasteiger partial charge is 0.331 e. The highest BCUT2D eigenvalue weighted by Gasteiger charge is 2.27. The minimum absolute atomic E-state index is 0.00555. The summed E-state index contributed by atoms with van der Waals surface area (Å²) in [6.45, 7) is 3.88. The first-order chi connectivity index (χ1) is 10.1. The molecule has 21 heavy (non-hydrogen) atoms. The Morgan fingerprint density at radius 2 is 2.10 bits per heavy atom. The summed E-state index contributed by atoms with van der Waals surface area (Å²) in [6, 6.07) is 5.07. The van der Waals surface area contributed by atoms with Crippen molar-refractivity contribution < 1.29 is 9.18 Å². The Morgan fingerprint density at radius 3 is 2.86 bits per heavy atom. The van der Waals surface area contributed by atoms with Gasteiger partial charge in [0, 0.05) is 23.7 Å². The Balaban J connectivity index is 1.69. The highest BCUT2D eigenvalue weighted by Crippen LogP contribution is 2.37. The van der Waals surface area contributed by atoms with Crippen molar-refractivity contribution in [3.05, 3.63) is 29.6 Å². The normalized spacial score (nSPS) is 22.8. The van der Waals surface area contributed by atoms with Crippen LogP contribution in [0, 0.1) is 11.7 Å². The van der Waals surface area contributed by atoms with Crippen molar-refractivity contribution in [2.24, 2.45) is 5.92 Å². The van der Waals surface area contributed by atoms with Crippen LogP contribution >= 0.6 is 11.8 Å². The van der Waals surface area contributed by atoms with Gasteiger partial charge in [-0.3, -0.25) is 0 Å². The zero-order valence-electron chi connectivity index (χ0n) is 12.3. The highest BCUT2D eigenvalue weighted by molar-refractivity contribution is 7.99. The fourth-order valence-electron chi connectivity index (χ4n) is 2.99. The number of thioether (sulfide) groups is 1. The van der Waals surface area contributed by atoms with Gasteiger partial charge in [0.1, 0.15) is 5.82 Å². The van der Waals surface area contributed by atoms with Crippen molar-refractivity contribution in [2.45, 2.75) is 37.1 Å². The van der Waals surface area contributed by atoms with Gasteiger partial charge in [-0.2, -0.15) is 0 Å². The van der Waals surface area contributed by atoms with Crippen molar-refractivity contribution in [3.63, 3.8) is 0 Å². The molecule has 0 aromatic heterocycles. The van der Waals surface area contributed by atoms with Crippen LogP contribution in [-0.4, -0.2) is 29.8 Å². The van der Waals surface area contributed by atoms with Crippen LogP contribution in [0.4, 0.5) is 9.18 Å². The van der Waals surface area contributed by atoms with E-state index in [9.17, 15) is 9.18 Å². The first-order valence-corrected chi connectivity index (χ1v) is 8.60. The lowest BCUT2D eigenvalue weighted by Gasteiger charge is -2.33. The Kier molecular flexibility index (Phi) is 4.38. The molecule has 3 rings (SSSR count). The van der Waals surface area contributed by atoms with Crippen molar-refractivity contribution in [1.29, 1.82) is 0 Å². The topological polar surface area (TPSA) is 32.3 Å². The number of fused-ring (bicyclic) bond motifs is 1. The zero-order valence-corrected chi connectivity index (χ0v) is 13.1. The Morgan fingerprint density at radius 1 is 1.33 bits per heavy atom. The molecule has 114 valence electrons. The molecule has 1 N–H and O–H groups in total. The van der Waals surface area contributed by atoms with E-state index in [1.807, 2.05) is 11.0 Å². The van der Waals surface area contributed by atoms with Gasteiger partial charge in [-0.05, 0) is 36.8 Å². The number of nitrogens with zero attached hydrogens (tertiary/aromatic N) is 1. The van der Waals surface area contributed by atoms with Gasteiger partial charge in [0.05, 0.1) is 6.04 Å². The van der Waals surface area contributed by atoms with Crippen LogP contribution in [0.5, 0.6) is 0 Å². The van der Waals surface area contributed by atoms with Gasteiger partial charge in [0.2, 0.25) is 0 Å². The van der Waals surface area contributed by atoms with Crippen molar-refractivity contribution in [3.8, 4) is 0 Å². The van der Waals surface area contributed by atoms with E-state index in [1.165, 1.54) is 6.07 Å². The summed E-state index contributed by atoms with van der Waals surface area (Å²) in [6.07, 6.45) is 3.00. The average Bonchev–Trinajstić information content (AvgIpc) is 2.49. The van der Waals surface area contributed by atoms with Crippen LogP contribution < -0.4 is 5.32 Å². The Bertz CT molecular complexity index is 529. The molecule has 2 aliphatic heterocycles. The molecule has 1 atom stereocenters. The smallest absolute Gasteiger partial charge is 0.317 e. The fraction of sp³-hybridized carbons (Fsp3) is 0.562. The fourth-order valence-corrected chi connectivity index (χ4v) is 4.13. The number of hydrogen-bond acceptors (Lipinski definition) is 2. The van der Waals surface area contributed by atoms with E-state index in [4.69, 9.17) is 0 Å². The molecule has 5 heteroatoms. The second-order valence-corrected chi connectivity index (χ2v) is 7.07. The molecule has 0 bridgehead atoms. The molecule has 1 saturated heterocycles. The van der Waals surface area contributed by atoms with Gasteiger partial charge in [0.15, 0.2) is 0 Å². The number of benzene rings is 1. The van der Waals surface area contributed by atoms with Crippen LogP contribution in [0.15, 0.2) is 23.1 Å². The second-order valence-electron chi connectivity index (χ2n) is 5.97. The lowest BCUT2D eigenvalue weighted by atomic mass is 9.99. The van der Waals surface area contributed by atoms with Crippen LogP contribution in [0.1, 0.15) is 37.8 Å². The maximum Gasteiger partial charge on any atom is 0.317 e. The lowest BCUT2D eigenvalue weighted by Crippen LogP contribution is -2.45. The predicted molar refractivity (Wildman–Crippen MR) is 83.0 cm³/mol. The van der Waals surface area contributed by atoms with Crippen molar-refractivity contribution >= 4 is 17.8 Å². The first-order valence-electron chi connectivity index (χ1n) is 7.62. The van der Waals surface area contributed by atoms with Crippen LogP contribution in [0.3, 0.4) is 0 Å². The van der Waals surface area contributed by atoms with E-state index in [0.717, 1.165) is 43.7 Å². The van der Waals surface area contributed by atoms with Crippen molar-refractivity contribution in [2.75, 3.05) is 18.8 Å². The molecule has 0 radical (unpaired) electrons. The molecule has 0 spiro atoms. The summed E-state index contributed by atoms with van der Waals surface area (Å²) in [5.41, 5.74) is 0.921. The molecule has 0 saturated carbocycles. The quantitative estimate of drug-likeness (QED) is 0.856. The number of rotatable bonds is 1. The van der Waals surface area contributed by atoms with Gasteiger partial charge < -0.3 is 10.2 Å². The molecule has 1 unspecified atom stereocenters. The third-order valence-corrected chi connectivity index (χ3v) is 5.55. The van der Waals surface area contributed by atoms with Gasteiger partial charge >= 0.3 is 6.03 Å². The van der Waals surface area contributed by atoms with Gasteiger partial charge in [-0.1, -0.05) is 19.1 Å². The number of halogens is 1. The van der Waals surface area contributed by atoms with Crippen molar-refractivity contribution in [1.82, 2.24) is 10.2 Å². The molecule has 0 aliphatic carbocycles. The predicted octanol–water partition coefficient (Wildman–Crippen LogP) is 3.80. The number of carbonyl (C=O) groups excluding carboxylic acids is 1. The van der Waals surface area contributed by atoms with Gasteiger partial charge in [-0.25, -0.2) is 9.18 Å². The molecule has 1 fully saturated rings. The molecule has 3 nitrogen and oxygen atoms in total. The summed E-state index contributed by atoms with van der Waals surface area (Å²) >= 11 is 1.54. The SMILES string of the molecule is CC1CCN(C(=O)NC2CCSc3c(F)cccc32)CC1. The number of hydrogen-bond donors (Lipinski definition) is 1. The molecular weight excluding hydrogens is 287 g/mol. The summed E-state index contributed by atoms with van der Waals surface area (Å²) < 4.78 is 13.8. The van der Waals surface area contributed by atoms with Crippen LogP contribution in [-0.2, 0) is 0 Å². The number of nitrogens with one attached hydrogen (secondary N) is 1. The lowest BCUT2D eigenvalue weighted by molar-refractivity contribution is 0.170. The molecule has 2 amide bonds. The number of urea groups is 1. The molecule has 1 aromatic carbocycles. The Labute approximate surface area is 129 Å². The summed E-state index contributed by atoms with van der Waals surface area (Å²) in [4.78, 5) is 15.0. The average molecular weight is 308 g/mol. The van der Waals surface area contributed by atoms with E-state index in [-0.39, 0.29) is 17.9 Å². The monoisotopic (exact) mass is 308 g/mol. The maximum absolute atomic E-state index is 13.8. The molecule has 2 heterocycles. The summed E-state index contributed by atoms with van der Waals surface area (Å²) in [5.74, 6) is 1.37. The number of amides is 2. The summed E-state index contributed by atoms with van der Waals surface area (Å²) in [5, 5.41) is 3.09. The maximum atomic E-state index is 13.8. The molecular formula is C16H21FN2OS. The second kappa shape index (κ2) is 6.26. The zero-order chi connectivity index (χ0) is 14.8. The van der Waals surface area contributed by atoms with E-state index in [0.29, 0.717) is 10.8 Å². The molecule has 1 aromatic rings. The summed E-state index contributed by atoms with van der Waals surface area (Å²) in [7, 11) is 0. The molecule has 2 aliphatic rings. The van der Waals surface area contributed by atoms with E-state index < -0.39 is 0 Å². The minimum Gasteiger partial charge on any atom is -0.331 e. The van der Waals surface area contributed by atoms with E-state index in [1.54, 1.807) is 17.8 Å². The first kappa shape index (κ1) is 14.7. The number of likely N-dealkylation sites (tertiary alicyclic amines) is 1.